The van der Waals surface area contributed by atoms with Crippen LogP contribution in [-0.4, -0.2) is 18.2 Å². The molecule has 0 aromatic carbocycles. The van der Waals surface area contributed by atoms with Crippen molar-refractivity contribution in [3.05, 3.63) is 10.1 Å². The molecule has 11 heavy (non-hydrogen) atoms. The average molecular weight is 216 g/mol. The molecule has 0 aromatic heterocycles. The molecule has 0 aromatic rings. The molecule has 0 fully saturated rings. The molecule has 0 aliphatic heterocycles. The fourth-order valence-corrected chi connectivity index (χ4v) is 2.47. The molecule has 3 nitrogen and oxygen atoms in total. The Bertz CT molecular complexity index is 142. The topological polar surface area (TPSA) is 43.1 Å². The molecule has 0 aliphatic rings. The Morgan fingerprint density at radius 2 is 2.09 bits per heavy atom. The van der Waals surface area contributed by atoms with Gasteiger partial charge in [-0.15, -0.1) is 22.2 Å². The largest absolute Gasteiger partial charge is 0.265 e. The van der Waals surface area contributed by atoms with E-state index >= 15 is 0 Å². The highest BCUT2D eigenvalue weighted by molar-refractivity contribution is 7.45. The highest BCUT2D eigenvalue weighted by atomic mass is 35.7. The lowest BCUT2D eigenvalue weighted by Crippen LogP contribution is -2.18. The Morgan fingerprint density at radius 1 is 1.55 bits per heavy atom. The van der Waals surface area contributed by atoms with Crippen LogP contribution in [0.25, 0.3) is 0 Å². The molecule has 0 amide bonds. The van der Waals surface area contributed by atoms with Crippen LogP contribution in [0.15, 0.2) is 0 Å². The van der Waals surface area contributed by atoms with E-state index in [1.165, 1.54) is 0 Å². The van der Waals surface area contributed by atoms with Crippen LogP contribution in [0.1, 0.15) is 13.3 Å². The first-order valence-corrected chi connectivity index (χ1v) is 7.91. The number of hydrogen-bond donors (Lipinski definition) is 0. The maximum absolute atomic E-state index is 9.91. The summed E-state index contributed by atoms with van der Waals surface area (Å²) in [4.78, 5) is 9.57. The van der Waals surface area contributed by atoms with Crippen molar-refractivity contribution in [3.8, 4) is 0 Å². The molecule has 0 N–H and O–H groups in total. The van der Waals surface area contributed by atoms with E-state index in [1.54, 1.807) is 0 Å². The van der Waals surface area contributed by atoms with E-state index in [-0.39, 0.29) is 11.5 Å². The highest BCUT2D eigenvalue weighted by Gasteiger charge is 2.25. The van der Waals surface area contributed by atoms with Gasteiger partial charge >= 0.3 is 0 Å². The first-order valence-electron chi connectivity index (χ1n) is 3.47. The molecule has 0 unspecified atom stereocenters. The van der Waals surface area contributed by atoms with Crippen molar-refractivity contribution < 1.29 is 4.92 Å². The zero-order chi connectivity index (χ0) is 8.91. The van der Waals surface area contributed by atoms with Gasteiger partial charge in [0.2, 0.25) is 6.54 Å². The molecule has 6 heteroatoms. The van der Waals surface area contributed by atoms with Crippen LogP contribution in [0.3, 0.4) is 0 Å². The van der Waals surface area contributed by atoms with Gasteiger partial charge in [-0.3, -0.25) is 10.1 Å². The summed E-state index contributed by atoms with van der Waals surface area (Å²) in [6, 6.07) is 1.38. The van der Waals surface area contributed by atoms with E-state index in [2.05, 4.69) is 0 Å². The first kappa shape index (κ1) is 11.2. The molecular formula is C5H11Cl2NO2Si. The van der Waals surface area contributed by atoms with Crippen LogP contribution in [0, 0.1) is 10.1 Å². The van der Waals surface area contributed by atoms with E-state index in [9.17, 15) is 10.1 Å². The van der Waals surface area contributed by atoms with Gasteiger partial charge in [0, 0.05) is 11.3 Å². The summed E-state index contributed by atoms with van der Waals surface area (Å²) < 4.78 is 0. The van der Waals surface area contributed by atoms with E-state index < -0.39 is 6.69 Å². The lowest BCUT2D eigenvalue weighted by molar-refractivity contribution is -0.479. The second-order valence-corrected chi connectivity index (χ2v) is 10.2. The van der Waals surface area contributed by atoms with Gasteiger partial charge in [-0.2, -0.15) is 0 Å². The summed E-state index contributed by atoms with van der Waals surface area (Å²) in [5.74, 6) is 0. The van der Waals surface area contributed by atoms with Gasteiger partial charge in [-0.25, -0.2) is 0 Å². The van der Waals surface area contributed by atoms with Gasteiger partial charge in [0.25, 0.3) is 6.69 Å². The van der Waals surface area contributed by atoms with Crippen LogP contribution >= 0.6 is 22.2 Å². The third kappa shape index (κ3) is 6.59. The molecule has 0 radical (unpaired) electrons. The second kappa shape index (κ2) is 4.95. The standard InChI is InChI=1S/C5H11Cl2NO2Si/c1-2-11(6,7)5-3-4-8(9)10/h2-5H2,1H3. The van der Waals surface area contributed by atoms with Crippen molar-refractivity contribution in [2.75, 3.05) is 6.54 Å². The average Bonchev–Trinajstić information content (AvgIpc) is 1.87. The van der Waals surface area contributed by atoms with Gasteiger partial charge in [-0.05, 0) is 12.1 Å². The molecule has 0 aliphatic carbocycles. The van der Waals surface area contributed by atoms with Crippen LogP contribution in [0.4, 0.5) is 0 Å². The smallest absolute Gasteiger partial charge is 0.251 e. The predicted molar refractivity (Wildman–Crippen MR) is 49.2 cm³/mol. The Labute approximate surface area is 76.3 Å². The summed E-state index contributed by atoms with van der Waals surface area (Å²) >= 11 is 11.8. The highest BCUT2D eigenvalue weighted by Crippen LogP contribution is 2.26. The molecule has 0 bridgehead atoms. The van der Waals surface area contributed by atoms with Gasteiger partial charge in [-0.1, -0.05) is 6.92 Å². The second-order valence-electron chi connectivity index (χ2n) is 2.37. The lowest BCUT2D eigenvalue weighted by atomic mass is 10.5. The van der Waals surface area contributed by atoms with E-state index in [1.807, 2.05) is 6.92 Å². The molecule has 0 atom stereocenters. The van der Waals surface area contributed by atoms with Gasteiger partial charge in [0.1, 0.15) is 0 Å². The van der Waals surface area contributed by atoms with Crippen molar-refractivity contribution >= 4 is 28.9 Å². The van der Waals surface area contributed by atoms with Crippen molar-refractivity contribution in [2.45, 2.75) is 25.4 Å². The Morgan fingerprint density at radius 3 is 2.45 bits per heavy atom. The van der Waals surface area contributed by atoms with Gasteiger partial charge < -0.3 is 0 Å². The van der Waals surface area contributed by atoms with Crippen LogP contribution in [0.5, 0.6) is 0 Å². The van der Waals surface area contributed by atoms with Crippen molar-refractivity contribution in [2.24, 2.45) is 0 Å². The summed E-state index contributed by atoms with van der Waals surface area (Å²) in [5.41, 5.74) is 0. The third-order valence-corrected chi connectivity index (χ3v) is 6.26. The molecule has 0 saturated carbocycles. The first-order chi connectivity index (χ1) is 4.98. The molecular weight excluding hydrogens is 205 g/mol. The summed E-state index contributed by atoms with van der Waals surface area (Å²) in [6.45, 7) is -0.209. The van der Waals surface area contributed by atoms with Crippen molar-refractivity contribution in [1.29, 1.82) is 0 Å². The number of rotatable bonds is 5. The predicted octanol–water partition coefficient (Wildman–Crippen LogP) is 2.59. The van der Waals surface area contributed by atoms with E-state index in [0.717, 1.165) is 6.04 Å². The molecule has 66 valence electrons. The minimum atomic E-state index is -2.10. The molecule has 0 saturated heterocycles. The van der Waals surface area contributed by atoms with Crippen LogP contribution in [0.2, 0.25) is 12.1 Å². The van der Waals surface area contributed by atoms with E-state index in [0.29, 0.717) is 12.5 Å². The SMILES string of the molecule is CC[Si](Cl)(Cl)CCC[N+](=O)[O-]. The van der Waals surface area contributed by atoms with Gasteiger partial charge in [0.05, 0.1) is 0 Å². The summed E-state index contributed by atoms with van der Waals surface area (Å²) in [7, 11) is 0. The fourth-order valence-electron chi connectivity index (χ4n) is 0.644. The van der Waals surface area contributed by atoms with Crippen molar-refractivity contribution in [3.63, 3.8) is 0 Å². The number of nitrogens with zero attached hydrogens (tertiary/aromatic N) is 1. The Balaban J connectivity index is 3.45. The third-order valence-electron chi connectivity index (χ3n) is 1.40. The normalized spacial score (nSPS) is 11.5. The Hall–Kier alpha value is 0.197. The quantitative estimate of drug-likeness (QED) is 0.307. The molecule has 0 spiro atoms. The maximum Gasteiger partial charge on any atom is 0.251 e. The number of hydrogen-bond acceptors (Lipinski definition) is 2. The summed E-state index contributed by atoms with van der Waals surface area (Å²) in [5, 5.41) is 9.91. The molecule has 0 heterocycles. The zero-order valence-electron chi connectivity index (χ0n) is 6.35. The fraction of sp³-hybridized carbons (Fsp3) is 1.00. The molecule has 0 rings (SSSR count). The van der Waals surface area contributed by atoms with Crippen molar-refractivity contribution in [1.82, 2.24) is 0 Å². The minimum absolute atomic E-state index is 0.0197. The monoisotopic (exact) mass is 215 g/mol. The lowest BCUT2D eigenvalue weighted by Gasteiger charge is -2.11. The Kier molecular flexibility index (Phi) is 5.04. The summed E-state index contributed by atoms with van der Waals surface area (Å²) in [6.07, 6.45) is 0.500. The number of halogens is 2. The van der Waals surface area contributed by atoms with E-state index in [4.69, 9.17) is 22.2 Å². The maximum atomic E-state index is 9.91. The van der Waals surface area contributed by atoms with Crippen LogP contribution < -0.4 is 0 Å². The zero-order valence-corrected chi connectivity index (χ0v) is 8.86. The minimum Gasteiger partial charge on any atom is -0.265 e. The van der Waals surface area contributed by atoms with Gasteiger partial charge in [0.15, 0.2) is 0 Å². The number of nitro groups is 1. The van der Waals surface area contributed by atoms with Crippen LogP contribution in [-0.2, 0) is 0 Å².